The molecule has 0 heterocycles. The van der Waals surface area contributed by atoms with E-state index in [4.69, 9.17) is 23.7 Å². The molecular formula is C34H41F3O9. The highest BCUT2D eigenvalue weighted by Gasteiger charge is 2.31. The highest BCUT2D eigenvalue weighted by atomic mass is 19.4. The molecule has 0 bridgehead atoms. The summed E-state index contributed by atoms with van der Waals surface area (Å²) >= 11 is 0. The average molecular weight is 651 g/mol. The van der Waals surface area contributed by atoms with Gasteiger partial charge in [0.15, 0.2) is 0 Å². The molecule has 0 radical (unpaired) electrons. The fraction of sp³-hybridized carbons (Fsp3) is 0.412. The number of carbonyl (C=O) groups excluding carboxylic acids is 2. The van der Waals surface area contributed by atoms with Crippen LogP contribution in [0.2, 0.25) is 0 Å². The van der Waals surface area contributed by atoms with E-state index in [0.717, 1.165) is 11.1 Å². The average Bonchev–Trinajstić information content (AvgIpc) is 3.00. The number of alkyl halides is 3. The Morgan fingerprint density at radius 2 is 1.20 bits per heavy atom. The van der Waals surface area contributed by atoms with Crippen LogP contribution >= 0.6 is 0 Å². The lowest BCUT2D eigenvalue weighted by atomic mass is 10.1. The minimum Gasteiger partial charge on any atom is -0.508 e. The number of esters is 2. The first kappa shape index (κ1) is 37.9. The van der Waals surface area contributed by atoms with E-state index in [1.165, 1.54) is 18.2 Å². The van der Waals surface area contributed by atoms with Crippen LogP contribution in [-0.2, 0) is 35.1 Å². The van der Waals surface area contributed by atoms with E-state index < -0.39 is 12.5 Å². The van der Waals surface area contributed by atoms with Gasteiger partial charge in [-0.15, -0.1) is 13.2 Å². The van der Waals surface area contributed by atoms with Crippen LogP contribution in [0.5, 0.6) is 17.2 Å². The van der Waals surface area contributed by atoms with Gasteiger partial charge in [0.05, 0.1) is 38.3 Å². The van der Waals surface area contributed by atoms with E-state index in [9.17, 15) is 27.9 Å². The Labute approximate surface area is 267 Å². The monoisotopic (exact) mass is 650 g/mol. The number of ether oxygens (including phenoxy) is 6. The van der Waals surface area contributed by atoms with Crippen LogP contribution in [0, 0.1) is 0 Å². The van der Waals surface area contributed by atoms with Crippen LogP contribution in [0.3, 0.4) is 0 Å². The number of benzene rings is 3. The molecule has 252 valence electrons. The van der Waals surface area contributed by atoms with E-state index in [-0.39, 0.29) is 49.0 Å². The second-order valence-electron chi connectivity index (χ2n) is 9.55. The molecule has 0 saturated carbocycles. The summed E-state index contributed by atoms with van der Waals surface area (Å²) in [6, 6.07) is 19.2. The first-order valence-corrected chi connectivity index (χ1v) is 14.9. The Morgan fingerprint density at radius 1 is 0.696 bits per heavy atom. The second-order valence-corrected chi connectivity index (χ2v) is 9.55. The van der Waals surface area contributed by atoms with Gasteiger partial charge >= 0.3 is 18.3 Å². The van der Waals surface area contributed by atoms with Gasteiger partial charge in [-0.25, -0.2) is 0 Å². The van der Waals surface area contributed by atoms with Crippen molar-refractivity contribution >= 4 is 11.9 Å². The Hall–Kier alpha value is -4.29. The summed E-state index contributed by atoms with van der Waals surface area (Å²) in [5.74, 6) is -0.193. The van der Waals surface area contributed by atoms with E-state index in [0.29, 0.717) is 37.7 Å². The summed E-state index contributed by atoms with van der Waals surface area (Å²) in [6.07, 6.45) is -5.19. The lowest BCUT2D eigenvalue weighted by molar-refractivity contribution is -0.274. The summed E-state index contributed by atoms with van der Waals surface area (Å²) in [5.41, 5.74) is 2.19. The van der Waals surface area contributed by atoms with Crippen molar-refractivity contribution in [2.45, 2.75) is 65.7 Å². The van der Waals surface area contributed by atoms with Crippen LogP contribution in [-0.4, -0.2) is 49.8 Å². The van der Waals surface area contributed by atoms with Gasteiger partial charge in [-0.1, -0.05) is 36.4 Å². The van der Waals surface area contributed by atoms with Crippen LogP contribution in [0.1, 0.15) is 69.4 Å². The molecule has 0 aliphatic rings. The van der Waals surface area contributed by atoms with Crippen molar-refractivity contribution in [2.24, 2.45) is 0 Å². The van der Waals surface area contributed by atoms with Gasteiger partial charge in [-0.05, 0) is 80.8 Å². The molecule has 0 fully saturated rings. The first-order valence-electron chi connectivity index (χ1n) is 14.9. The number of carbonyl (C=O) groups is 2. The fourth-order valence-corrected chi connectivity index (χ4v) is 4.16. The van der Waals surface area contributed by atoms with Crippen molar-refractivity contribution in [3.63, 3.8) is 0 Å². The largest absolute Gasteiger partial charge is 0.573 e. The van der Waals surface area contributed by atoms with Gasteiger partial charge in [0.1, 0.15) is 23.9 Å². The van der Waals surface area contributed by atoms with Crippen LogP contribution in [0.4, 0.5) is 13.2 Å². The van der Waals surface area contributed by atoms with Gasteiger partial charge in [0.25, 0.3) is 0 Å². The highest BCUT2D eigenvalue weighted by Crippen LogP contribution is 2.27. The SMILES string of the molecule is CCOC(=O)CC(OCC)c1ccc(O)cc1.CCOC(=O)CC(OCC)c1ccc(OCc2cccc(OC(F)(F)F)c2)cc1. The summed E-state index contributed by atoms with van der Waals surface area (Å²) in [4.78, 5) is 23.2. The summed E-state index contributed by atoms with van der Waals surface area (Å²) in [6.45, 7) is 8.94. The Kier molecular flexibility index (Phi) is 16.4. The van der Waals surface area contributed by atoms with Crippen molar-refractivity contribution in [3.05, 3.63) is 89.5 Å². The van der Waals surface area contributed by atoms with E-state index in [1.54, 1.807) is 68.4 Å². The topological polar surface area (TPSA) is 110 Å². The zero-order chi connectivity index (χ0) is 34.0. The maximum absolute atomic E-state index is 12.3. The number of aromatic hydroxyl groups is 1. The van der Waals surface area contributed by atoms with Gasteiger partial charge in [-0.3, -0.25) is 9.59 Å². The Balaban J connectivity index is 0.000000368. The lowest BCUT2D eigenvalue weighted by Crippen LogP contribution is -2.17. The molecule has 9 nitrogen and oxygen atoms in total. The van der Waals surface area contributed by atoms with Crippen molar-refractivity contribution in [3.8, 4) is 17.2 Å². The zero-order valence-electron chi connectivity index (χ0n) is 26.4. The molecule has 0 aliphatic heterocycles. The zero-order valence-corrected chi connectivity index (χ0v) is 26.4. The minimum absolute atomic E-state index is 0.0755. The molecule has 3 aromatic carbocycles. The van der Waals surface area contributed by atoms with Gasteiger partial charge < -0.3 is 33.5 Å². The predicted octanol–water partition coefficient (Wildman–Crippen LogP) is 7.62. The van der Waals surface area contributed by atoms with Crippen LogP contribution in [0.25, 0.3) is 0 Å². The van der Waals surface area contributed by atoms with Gasteiger partial charge in [-0.2, -0.15) is 0 Å². The fourth-order valence-electron chi connectivity index (χ4n) is 4.16. The summed E-state index contributed by atoms with van der Waals surface area (Å²) in [5, 5.41) is 9.20. The van der Waals surface area contributed by atoms with Gasteiger partial charge in [0.2, 0.25) is 0 Å². The third-order valence-electron chi connectivity index (χ3n) is 6.10. The molecular weight excluding hydrogens is 609 g/mol. The number of halogens is 3. The molecule has 0 aromatic heterocycles. The normalized spacial score (nSPS) is 12.2. The van der Waals surface area contributed by atoms with Crippen molar-refractivity contribution in [1.82, 2.24) is 0 Å². The highest BCUT2D eigenvalue weighted by molar-refractivity contribution is 5.70. The predicted molar refractivity (Wildman–Crippen MR) is 163 cm³/mol. The smallest absolute Gasteiger partial charge is 0.508 e. The molecule has 3 aromatic rings. The number of hydrogen-bond acceptors (Lipinski definition) is 9. The standard InChI is InChI=1S/C21H23F3O5.C13H18O4/c1-3-26-19(13-20(25)27-4-2)16-8-10-17(11-9-16)28-14-15-6-5-7-18(12-15)29-21(22,23)24;1-3-16-12(9-13(15)17-4-2)10-5-7-11(14)8-6-10/h5-12,19H,3-4,13-14H2,1-2H3;5-8,12,14H,3-4,9H2,1-2H3. The number of phenolic OH excluding ortho intramolecular Hbond substituents is 1. The minimum atomic E-state index is -4.74. The lowest BCUT2D eigenvalue weighted by Gasteiger charge is -2.17. The molecule has 1 N–H and O–H groups in total. The third kappa shape index (κ3) is 14.7. The molecule has 0 amide bonds. The molecule has 2 unspecified atom stereocenters. The van der Waals surface area contributed by atoms with Crippen molar-refractivity contribution in [1.29, 1.82) is 0 Å². The molecule has 3 rings (SSSR count). The van der Waals surface area contributed by atoms with Crippen LogP contribution in [0.15, 0.2) is 72.8 Å². The number of rotatable bonds is 16. The van der Waals surface area contributed by atoms with E-state index >= 15 is 0 Å². The maximum Gasteiger partial charge on any atom is 0.573 e. The summed E-state index contributed by atoms with van der Waals surface area (Å²) in [7, 11) is 0. The van der Waals surface area contributed by atoms with E-state index in [2.05, 4.69) is 4.74 Å². The Bertz CT molecular complexity index is 1310. The Morgan fingerprint density at radius 3 is 1.65 bits per heavy atom. The molecule has 0 spiro atoms. The summed E-state index contributed by atoms with van der Waals surface area (Å²) < 4.78 is 67.4. The molecule has 12 heteroatoms. The van der Waals surface area contributed by atoms with Gasteiger partial charge in [0, 0.05) is 13.2 Å². The number of hydrogen-bond donors (Lipinski definition) is 1. The second kappa shape index (κ2) is 20.0. The third-order valence-corrected chi connectivity index (χ3v) is 6.10. The van der Waals surface area contributed by atoms with Crippen molar-refractivity contribution < 1.29 is 56.3 Å². The molecule has 46 heavy (non-hydrogen) atoms. The number of phenols is 1. The molecule has 2 atom stereocenters. The first-order chi connectivity index (χ1) is 22.0. The molecule has 0 aliphatic carbocycles. The maximum atomic E-state index is 12.3. The van der Waals surface area contributed by atoms with E-state index in [1.807, 2.05) is 13.8 Å². The van der Waals surface area contributed by atoms with Crippen LogP contribution < -0.4 is 9.47 Å². The molecule has 0 saturated heterocycles. The van der Waals surface area contributed by atoms with Crippen molar-refractivity contribution in [2.75, 3.05) is 26.4 Å². The quantitative estimate of drug-likeness (QED) is 0.157.